The number of benzene rings is 1. The molecule has 1 aromatic rings. The number of hydrogen-bond donors (Lipinski definition) is 0. The fourth-order valence-corrected chi connectivity index (χ4v) is 2.34. The highest BCUT2D eigenvalue weighted by atomic mass is 16.6. The SMILES string of the molecule is CC1(C)CC(=O)CC(=NOCc2ccccc2)C1. The average molecular weight is 245 g/mol. The molecule has 1 fully saturated rings. The van der Waals surface area contributed by atoms with Crippen molar-refractivity contribution in [3.63, 3.8) is 0 Å². The Hall–Kier alpha value is -1.64. The minimum absolute atomic E-state index is 0.0181. The van der Waals surface area contributed by atoms with E-state index >= 15 is 0 Å². The van der Waals surface area contributed by atoms with E-state index in [9.17, 15) is 4.79 Å². The number of carbonyl (C=O) groups excluding carboxylic acids is 1. The molecule has 0 aromatic heterocycles. The highest BCUT2D eigenvalue weighted by Crippen LogP contribution is 2.31. The summed E-state index contributed by atoms with van der Waals surface area (Å²) in [6, 6.07) is 9.90. The third-order valence-electron chi connectivity index (χ3n) is 3.03. The van der Waals surface area contributed by atoms with Crippen molar-refractivity contribution in [2.45, 2.75) is 39.7 Å². The van der Waals surface area contributed by atoms with Gasteiger partial charge >= 0.3 is 0 Å². The molecule has 0 amide bonds. The zero-order chi connectivity index (χ0) is 13.0. The van der Waals surface area contributed by atoms with Gasteiger partial charge in [0.25, 0.3) is 0 Å². The van der Waals surface area contributed by atoms with Crippen LogP contribution in [0.25, 0.3) is 0 Å². The summed E-state index contributed by atoms with van der Waals surface area (Å²) in [5.74, 6) is 0.258. The lowest BCUT2D eigenvalue weighted by molar-refractivity contribution is -0.120. The first kappa shape index (κ1) is 12.8. The van der Waals surface area contributed by atoms with Crippen molar-refractivity contribution in [2.24, 2.45) is 10.6 Å². The van der Waals surface area contributed by atoms with Crippen molar-refractivity contribution in [1.29, 1.82) is 0 Å². The summed E-state index contributed by atoms with van der Waals surface area (Å²) < 4.78 is 0. The molecule has 3 heteroatoms. The van der Waals surface area contributed by atoms with Gasteiger partial charge in [-0.15, -0.1) is 0 Å². The lowest BCUT2D eigenvalue weighted by Gasteiger charge is -2.28. The standard InChI is InChI=1S/C15H19NO2/c1-15(2)9-13(8-14(17)10-15)16-18-11-12-6-4-3-5-7-12/h3-7H,8-11H2,1-2H3. The Labute approximate surface area is 108 Å². The fourth-order valence-electron chi connectivity index (χ4n) is 2.34. The van der Waals surface area contributed by atoms with Crippen LogP contribution < -0.4 is 0 Å². The van der Waals surface area contributed by atoms with Crippen LogP contribution in [-0.4, -0.2) is 11.5 Å². The summed E-state index contributed by atoms with van der Waals surface area (Å²) in [4.78, 5) is 16.9. The van der Waals surface area contributed by atoms with Gasteiger partial charge in [0.05, 0.1) is 5.71 Å². The topological polar surface area (TPSA) is 38.7 Å². The van der Waals surface area contributed by atoms with Crippen LogP contribution in [0.3, 0.4) is 0 Å². The number of nitrogens with zero attached hydrogens (tertiary/aromatic N) is 1. The molecular weight excluding hydrogens is 226 g/mol. The van der Waals surface area contributed by atoms with Crippen LogP contribution in [0.2, 0.25) is 0 Å². The first-order chi connectivity index (χ1) is 8.55. The molecular formula is C15H19NO2. The summed E-state index contributed by atoms with van der Waals surface area (Å²) in [5, 5.41) is 4.12. The molecule has 0 atom stereocenters. The van der Waals surface area contributed by atoms with E-state index in [-0.39, 0.29) is 11.2 Å². The van der Waals surface area contributed by atoms with Crippen LogP contribution >= 0.6 is 0 Å². The van der Waals surface area contributed by atoms with Crippen molar-refractivity contribution in [2.75, 3.05) is 0 Å². The Balaban J connectivity index is 1.91. The molecule has 3 nitrogen and oxygen atoms in total. The maximum atomic E-state index is 11.6. The highest BCUT2D eigenvalue weighted by Gasteiger charge is 2.30. The Morgan fingerprint density at radius 1 is 1.22 bits per heavy atom. The number of hydrogen-bond acceptors (Lipinski definition) is 3. The minimum atomic E-state index is 0.0181. The van der Waals surface area contributed by atoms with Gasteiger partial charge in [-0.1, -0.05) is 49.3 Å². The van der Waals surface area contributed by atoms with Gasteiger partial charge in [0, 0.05) is 12.8 Å². The number of oxime groups is 1. The highest BCUT2D eigenvalue weighted by molar-refractivity contribution is 6.04. The first-order valence-electron chi connectivity index (χ1n) is 6.28. The summed E-state index contributed by atoms with van der Waals surface area (Å²) in [5.41, 5.74) is 1.97. The van der Waals surface area contributed by atoms with Crippen LogP contribution in [-0.2, 0) is 16.2 Å². The zero-order valence-electron chi connectivity index (χ0n) is 11.0. The lowest BCUT2D eigenvalue weighted by atomic mass is 9.76. The molecule has 0 unspecified atom stereocenters. The van der Waals surface area contributed by atoms with Crippen LogP contribution in [0.4, 0.5) is 0 Å². The van der Waals surface area contributed by atoms with Gasteiger partial charge in [-0.25, -0.2) is 0 Å². The second kappa shape index (κ2) is 5.34. The Morgan fingerprint density at radius 2 is 1.94 bits per heavy atom. The molecule has 1 aliphatic rings. The predicted molar refractivity (Wildman–Crippen MR) is 71.3 cm³/mol. The molecule has 18 heavy (non-hydrogen) atoms. The second-order valence-electron chi connectivity index (χ2n) is 5.65. The maximum Gasteiger partial charge on any atom is 0.142 e. The smallest absolute Gasteiger partial charge is 0.142 e. The van der Waals surface area contributed by atoms with Crippen molar-refractivity contribution in [3.05, 3.63) is 35.9 Å². The van der Waals surface area contributed by atoms with Crippen LogP contribution in [0, 0.1) is 5.41 Å². The molecule has 0 saturated heterocycles. The van der Waals surface area contributed by atoms with Crippen LogP contribution in [0.5, 0.6) is 0 Å². The quantitative estimate of drug-likeness (QED) is 0.766. The van der Waals surface area contributed by atoms with Crippen molar-refractivity contribution >= 4 is 11.5 Å². The summed E-state index contributed by atoms with van der Waals surface area (Å²) in [6.45, 7) is 4.65. The van der Waals surface area contributed by atoms with Gasteiger partial charge in [-0.2, -0.15) is 0 Å². The molecule has 0 aliphatic heterocycles. The van der Waals surface area contributed by atoms with E-state index in [1.54, 1.807) is 0 Å². The molecule has 0 radical (unpaired) electrons. The molecule has 0 N–H and O–H groups in total. The molecule has 0 heterocycles. The minimum Gasteiger partial charge on any atom is -0.391 e. The molecule has 96 valence electrons. The van der Waals surface area contributed by atoms with E-state index in [4.69, 9.17) is 4.84 Å². The van der Waals surface area contributed by atoms with E-state index in [1.165, 1.54) is 0 Å². The monoisotopic (exact) mass is 245 g/mol. The van der Waals surface area contributed by atoms with Crippen molar-refractivity contribution in [3.8, 4) is 0 Å². The van der Waals surface area contributed by atoms with Gasteiger partial charge in [0.2, 0.25) is 0 Å². The zero-order valence-corrected chi connectivity index (χ0v) is 11.0. The molecule has 0 bridgehead atoms. The number of carbonyl (C=O) groups is 1. The predicted octanol–water partition coefficient (Wildman–Crippen LogP) is 3.34. The van der Waals surface area contributed by atoms with Gasteiger partial charge in [0.1, 0.15) is 12.4 Å². The summed E-state index contributed by atoms with van der Waals surface area (Å²) in [6.07, 6.45) is 1.93. The van der Waals surface area contributed by atoms with E-state index < -0.39 is 0 Å². The molecule has 1 aromatic carbocycles. The van der Waals surface area contributed by atoms with E-state index in [0.717, 1.165) is 17.7 Å². The Morgan fingerprint density at radius 3 is 2.61 bits per heavy atom. The number of ketones is 1. The Bertz CT molecular complexity index is 449. The Kier molecular flexibility index (Phi) is 3.80. The van der Waals surface area contributed by atoms with Gasteiger partial charge < -0.3 is 4.84 Å². The molecule has 2 rings (SSSR count). The molecule has 0 spiro atoms. The van der Waals surface area contributed by atoms with Crippen LogP contribution in [0.1, 0.15) is 38.7 Å². The van der Waals surface area contributed by atoms with Crippen molar-refractivity contribution < 1.29 is 9.63 Å². The summed E-state index contributed by atoms with van der Waals surface area (Å²) in [7, 11) is 0. The molecule has 1 saturated carbocycles. The van der Waals surface area contributed by atoms with E-state index in [2.05, 4.69) is 19.0 Å². The third-order valence-corrected chi connectivity index (χ3v) is 3.03. The van der Waals surface area contributed by atoms with Crippen LogP contribution in [0.15, 0.2) is 35.5 Å². The fraction of sp³-hybridized carbons (Fsp3) is 0.467. The largest absolute Gasteiger partial charge is 0.391 e. The van der Waals surface area contributed by atoms with Gasteiger partial charge in [-0.3, -0.25) is 4.79 Å². The normalized spacial score (nSPS) is 21.0. The number of Topliss-reactive ketones (excluding diaryl/α,β-unsaturated/α-hetero) is 1. The second-order valence-corrected chi connectivity index (χ2v) is 5.65. The maximum absolute atomic E-state index is 11.6. The number of rotatable bonds is 3. The van der Waals surface area contributed by atoms with E-state index in [0.29, 0.717) is 19.4 Å². The van der Waals surface area contributed by atoms with Gasteiger partial charge in [0.15, 0.2) is 0 Å². The first-order valence-corrected chi connectivity index (χ1v) is 6.28. The molecule has 1 aliphatic carbocycles. The van der Waals surface area contributed by atoms with Crippen molar-refractivity contribution in [1.82, 2.24) is 0 Å². The van der Waals surface area contributed by atoms with E-state index in [1.807, 2.05) is 30.3 Å². The lowest BCUT2D eigenvalue weighted by Crippen LogP contribution is -2.29. The third kappa shape index (κ3) is 3.69. The van der Waals surface area contributed by atoms with Gasteiger partial charge in [-0.05, 0) is 17.4 Å². The summed E-state index contributed by atoms with van der Waals surface area (Å²) >= 11 is 0. The average Bonchev–Trinajstić information content (AvgIpc) is 2.27.